The maximum atomic E-state index is 5.68. The van der Waals surface area contributed by atoms with E-state index >= 15 is 0 Å². The van der Waals surface area contributed by atoms with Gasteiger partial charge in [-0.05, 0) is 31.6 Å². The number of rotatable bonds is 4. The summed E-state index contributed by atoms with van der Waals surface area (Å²) >= 11 is 0. The molecule has 0 radical (unpaired) electrons. The Hall–Kier alpha value is -1.10. The van der Waals surface area contributed by atoms with Crippen LogP contribution < -0.4 is 11.1 Å². The zero-order chi connectivity index (χ0) is 12.4. The Morgan fingerprint density at radius 1 is 1.47 bits per heavy atom. The number of hydrogen-bond acceptors (Lipinski definition) is 5. The fourth-order valence-electron chi connectivity index (χ4n) is 2.66. The van der Waals surface area contributed by atoms with Gasteiger partial charge < -0.3 is 15.5 Å². The minimum Gasteiger partial charge on any atom is -0.406 e. The lowest BCUT2D eigenvalue weighted by molar-refractivity contribution is 0.385. The highest BCUT2D eigenvalue weighted by Gasteiger charge is 2.32. The van der Waals surface area contributed by atoms with Crippen LogP contribution in [0.4, 0.5) is 6.01 Å². The quantitative estimate of drug-likeness (QED) is 0.841. The van der Waals surface area contributed by atoms with Gasteiger partial charge in [0.25, 0.3) is 0 Å². The van der Waals surface area contributed by atoms with Crippen LogP contribution in [0.25, 0.3) is 0 Å². The summed E-state index contributed by atoms with van der Waals surface area (Å²) in [7, 11) is 0. The molecule has 2 rings (SSSR count). The maximum Gasteiger partial charge on any atom is 0.315 e. The van der Waals surface area contributed by atoms with E-state index in [2.05, 4.69) is 29.4 Å². The Bertz CT molecular complexity index is 363. The maximum absolute atomic E-state index is 5.68. The Balaban J connectivity index is 1.97. The lowest BCUT2D eigenvalue weighted by atomic mass is 9.94. The van der Waals surface area contributed by atoms with Crippen molar-refractivity contribution < 1.29 is 4.42 Å². The van der Waals surface area contributed by atoms with Crippen LogP contribution >= 0.6 is 0 Å². The van der Waals surface area contributed by atoms with Crippen molar-refractivity contribution in [3.63, 3.8) is 0 Å². The summed E-state index contributed by atoms with van der Waals surface area (Å²) in [6.45, 7) is 6.38. The van der Waals surface area contributed by atoms with Gasteiger partial charge in [0.1, 0.15) is 0 Å². The van der Waals surface area contributed by atoms with E-state index in [1.54, 1.807) is 0 Å². The summed E-state index contributed by atoms with van der Waals surface area (Å²) in [6, 6.07) is 0.745. The van der Waals surface area contributed by atoms with Crippen LogP contribution in [0.1, 0.15) is 52.0 Å². The molecule has 1 saturated carbocycles. The predicted octanol–water partition coefficient (Wildman–Crippen LogP) is 2.33. The van der Waals surface area contributed by atoms with Crippen molar-refractivity contribution in [2.75, 3.05) is 5.32 Å². The van der Waals surface area contributed by atoms with E-state index in [1.165, 1.54) is 19.3 Å². The number of nitrogens with two attached hydrogens (primary N) is 1. The molecule has 4 unspecified atom stereocenters. The van der Waals surface area contributed by atoms with Crippen LogP contribution in [0.5, 0.6) is 0 Å². The van der Waals surface area contributed by atoms with Crippen LogP contribution in [-0.4, -0.2) is 16.2 Å². The highest BCUT2D eigenvalue weighted by atomic mass is 16.4. The molecule has 0 spiro atoms. The highest BCUT2D eigenvalue weighted by molar-refractivity contribution is 5.21. The molecule has 1 aromatic heterocycles. The first kappa shape index (κ1) is 12.4. The molecule has 5 heteroatoms. The van der Waals surface area contributed by atoms with Gasteiger partial charge in [-0.3, -0.25) is 0 Å². The van der Waals surface area contributed by atoms with Gasteiger partial charge in [0.05, 0.1) is 6.04 Å². The number of nitrogens with zero attached hydrogens (tertiary/aromatic N) is 2. The molecule has 4 atom stereocenters. The minimum atomic E-state index is -0.206. The molecule has 5 nitrogen and oxygen atoms in total. The molecular formula is C12H22N4O. The lowest BCUT2D eigenvalue weighted by Gasteiger charge is -2.19. The third kappa shape index (κ3) is 2.60. The zero-order valence-electron chi connectivity index (χ0n) is 10.8. The van der Waals surface area contributed by atoms with E-state index in [0.717, 1.165) is 5.92 Å². The fraction of sp³-hybridized carbons (Fsp3) is 0.833. The van der Waals surface area contributed by atoms with E-state index in [4.69, 9.17) is 10.2 Å². The second-order valence-corrected chi connectivity index (χ2v) is 5.09. The molecule has 1 aliphatic rings. The SMILES string of the molecule is CCC1CCC(Nc2nnc(C(C)N)o2)C1C. The molecule has 0 bridgehead atoms. The normalized spacial score (nSPS) is 30.5. The van der Waals surface area contributed by atoms with Gasteiger partial charge in [0, 0.05) is 6.04 Å². The number of nitrogens with one attached hydrogen (secondary N) is 1. The first-order chi connectivity index (χ1) is 8.11. The van der Waals surface area contributed by atoms with E-state index < -0.39 is 0 Å². The Labute approximate surface area is 102 Å². The second-order valence-electron chi connectivity index (χ2n) is 5.09. The largest absolute Gasteiger partial charge is 0.406 e. The van der Waals surface area contributed by atoms with Crippen LogP contribution in [0, 0.1) is 11.8 Å². The van der Waals surface area contributed by atoms with Crippen molar-refractivity contribution in [3.8, 4) is 0 Å². The summed E-state index contributed by atoms with van der Waals surface area (Å²) in [5.41, 5.74) is 5.68. The molecule has 96 valence electrons. The third-order valence-electron chi connectivity index (χ3n) is 3.89. The molecule has 1 aliphatic carbocycles. The molecular weight excluding hydrogens is 216 g/mol. The van der Waals surface area contributed by atoms with E-state index in [9.17, 15) is 0 Å². The van der Waals surface area contributed by atoms with Crippen molar-refractivity contribution in [3.05, 3.63) is 5.89 Å². The first-order valence-corrected chi connectivity index (χ1v) is 6.47. The van der Waals surface area contributed by atoms with Gasteiger partial charge >= 0.3 is 6.01 Å². The Kier molecular flexibility index (Phi) is 3.66. The van der Waals surface area contributed by atoms with Crippen molar-refractivity contribution in [2.24, 2.45) is 17.6 Å². The zero-order valence-corrected chi connectivity index (χ0v) is 10.8. The van der Waals surface area contributed by atoms with Crippen molar-refractivity contribution in [1.82, 2.24) is 10.2 Å². The molecule has 0 amide bonds. The molecule has 0 saturated heterocycles. The predicted molar refractivity (Wildman–Crippen MR) is 66.5 cm³/mol. The number of anilines is 1. The molecule has 0 aromatic carbocycles. The van der Waals surface area contributed by atoms with Crippen LogP contribution in [0.3, 0.4) is 0 Å². The summed E-state index contributed by atoms with van der Waals surface area (Å²) in [5, 5.41) is 11.2. The van der Waals surface area contributed by atoms with Crippen LogP contribution in [-0.2, 0) is 0 Å². The Morgan fingerprint density at radius 2 is 2.24 bits per heavy atom. The molecule has 1 aromatic rings. The molecule has 0 aliphatic heterocycles. The van der Waals surface area contributed by atoms with E-state index in [0.29, 0.717) is 23.9 Å². The summed E-state index contributed by atoms with van der Waals surface area (Å²) in [4.78, 5) is 0. The monoisotopic (exact) mass is 238 g/mol. The van der Waals surface area contributed by atoms with Gasteiger partial charge in [-0.25, -0.2) is 0 Å². The summed E-state index contributed by atoms with van der Waals surface area (Å²) in [6.07, 6.45) is 3.70. The molecule has 17 heavy (non-hydrogen) atoms. The molecule has 1 fully saturated rings. The van der Waals surface area contributed by atoms with Gasteiger partial charge in [-0.2, -0.15) is 0 Å². The number of hydrogen-bond donors (Lipinski definition) is 2. The van der Waals surface area contributed by atoms with Crippen molar-refractivity contribution in [1.29, 1.82) is 0 Å². The second kappa shape index (κ2) is 5.04. The lowest BCUT2D eigenvalue weighted by Crippen LogP contribution is -2.24. The van der Waals surface area contributed by atoms with Gasteiger partial charge in [0.15, 0.2) is 0 Å². The molecule has 3 N–H and O–H groups in total. The molecule has 1 heterocycles. The van der Waals surface area contributed by atoms with Gasteiger partial charge in [-0.15, -0.1) is 5.10 Å². The van der Waals surface area contributed by atoms with Gasteiger partial charge in [-0.1, -0.05) is 25.4 Å². The summed E-state index contributed by atoms with van der Waals surface area (Å²) < 4.78 is 5.47. The standard InChI is InChI=1S/C12H22N4O/c1-4-9-5-6-10(7(9)2)14-12-16-15-11(17-12)8(3)13/h7-10H,4-6,13H2,1-3H3,(H,14,16). The fourth-order valence-corrected chi connectivity index (χ4v) is 2.66. The smallest absolute Gasteiger partial charge is 0.315 e. The summed E-state index contributed by atoms with van der Waals surface area (Å²) in [5.74, 6) is 1.96. The van der Waals surface area contributed by atoms with Crippen LogP contribution in [0.2, 0.25) is 0 Å². The van der Waals surface area contributed by atoms with Crippen molar-refractivity contribution >= 4 is 6.01 Å². The highest BCUT2D eigenvalue weighted by Crippen LogP contribution is 2.35. The third-order valence-corrected chi connectivity index (χ3v) is 3.89. The van der Waals surface area contributed by atoms with Gasteiger partial charge in [0.2, 0.25) is 5.89 Å². The van der Waals surface area contributed by atoms with E-state index in [-0.39, 0.29) is 6.04 Å². The first-order valence-electron chi connectivity index (χ1n) is 6.47. The topological polar surface area (TPSA) is 77.0 Å². The average Bonchev–Trinajstić information content (AvgIpc) is 2.88. The van der Waals surface area contributed by atoms with E-state index in [1.807, 2.05) is 6.92 Å². The number of aromatic nitrogens is 2. The minimum absolute atomic E-state index is 0.206. The van der Waals surface area contributed by atoms with Crippen molar-refractivity contribution in [2.45, 2.75) is 52.1 Å². The average molecular weight is 238 g/mol. The Morgan fingerprint density at radius 3 is 2.76 bits per heavy atom. The van der Waals surface area contributed by atoms with Crippen LogP contribution in [0.15, 0.2) is 4.42 Å².